The molecule has 180 valence electrons. The lowest BCUT2D eigenvalue weighted by Crippen LogP contribution is -2.04. The first-order chi connectivity index (χ1) is 18.3. The fraction of sp³-hybridized carbons (Fsp3) is 0.143. The van der Waals surface area contributed by atoms with E-state index in [0.717, 1.165) is 19.5 Å². The zero-order chi connectivity index (χ0) is 24.9. The third-order valence-electron chi connectivity index (χ3n) is 8.01. The average Bonchev–Trinajstić information content (AvgIpc) is 3.45. The molecule has 2 heteroatoms. The van der Waals surface area contributed by atoms with Gasteiger partial charge < -0.3 is 9.13 Å². The molecule has 0 aliphatic heterocycles. The van der Waals surface area contributed by atoms with Crippen molar-refractivity contribution in [3.63, 3.8) is 0 Å². The van der Waals surface area contributed by atoms with Crippen LogP contribution in [0.4, 0.5) is 0 Å². The Bertz CT molecular complexity index is 1860. The summed E-state index contributed by atoms with van der Waals surface area (Å²) >= 11 is 0. The van der Waals surface area contributed by atoms with E-state index < -0.39 is 0 Å². The maximum atomic E-state index is 2.45. The van der Waals surface area contributed by atoms with E-state index in [0.29, 0.717) is 0 Å². The van der Waals surface area contributed by atoms with Gasteiger partial charge in [0.15, 0.2) is 0 Å². The molecule has 1 aliphatic carbocycles. The van der Waals surface area contributed by atoms with Gasteiger partial charge in [-0.05, 0) is 72.0 Å². The monoisotopic (exact) mass is 478 g/mol. The summed E-state index contributed by atoms with van der Waals surface area (Å²) in [6, 6.07) is 35.6. The minimum absolute atomic E-state index is 0.929. The third-order valence-corrected chi connectivity index (χ3v) is 8.01. The summed E-state index contributed by atoms with van der Waals surface area (Å²) in [5.41, 5.74) is 12.0. The summed E-state index contributed by atoms with van der Waals surface area (Å²) < 4.78 is 4.88. The van der Waals surface area contributed by atoms with Gasteiger partial charge >= 0.3 is 0 Å². The fourth-order valence-electron chi connectivity index (χ4n) is 6.40. The van der Waals surface area contributed by atoms with Gasteiger partial charge in [0, 0.05) is 57.9 Å². The molecule has 0 saturated heterocycles. The second-order valence-electron chi connectivity index (χ2n) is 9.89. The van der Waals surface area contributed by atoms with Gasteiger partial charge in [-0.2, -0.15) is 0 Å². The Kier molecular flexibility index (Phi) is 5.14. The van der Waals surface area contributed by atoms with Gasteiger partial charge in [-0.25, -0.2) is 0 Å². The Labute approximate surface area is 217 Å². The summed E-state index contributed by atoms with van der Waals surface area (Å²) in [6.45, 7) is 6.41. The number of para-hydroxylation sites is 2. The molecule has 0 atom stereocenters. The van der Waals surface area contributed by atoms with Crippen LogP contribution in [0.15, 0.2) is 109 Å². The van der Waals surface area contributed by atoms with E-state index in [2.05, 4.69) is 132 Å². The minimum atomic E-state index is 0.929. The smallest absolute Gasteiger partial charge is 0.0491 e. The SMILES string of the molecule is CCn1c2c(c3ccccc31)CC(=C(c1ccccc1)c1ccc3c(c1)c1ccccc1n3CC)C=C2. The lowest BCUT2D eigenvalue weighted by atomic mass is 9.86. The first-order valence-electron chi connectivity index (χ1n) is 13.4. The number of aromatic nitrogens is 2. The zero-order valence-corrected chi connectivity index (χ0v) is 21.4. The molecule has 6 aromatic rings. The molecule has 0 N–H and O–H groups in total. The van der Waals surface area contributed by atoms with Gasteiger partial charge in [-0.1, -0.05) is 78.9 Å². The van der Waals surface area contributed by atoms with E-state index in [-0.39, 0.29) is 0 Å². The van der Waals surface area contributed by atoms with Crippen LogP contribution in [0.5, 0.6) is 0 Å². The van der Waals surface area contributed by atoms with E-state index in [1.54, 1.807) is 0 Å². The fourth-order valence-corrected chi connectivity index (χ4v) is 6.40. The summed E-state index contributed by atoms with van der Waals surface area (Å²) in [4.78, 5) is 0. The predicted octanol–water partition coefficient (Wildman–Crippen LogP) is 8.86. The molecule has 0 saturated carbocycles. The standard InChI is InChI=1S/C35H30N2/c1-3-36-31-16-10-8-14-27(31)29-22-25(18-20-33(29)36)35(24-12-6-5-7-13-24)26-19-21-34-30(23-26)28-15-9-11-17-32(28)37(34)4-2/h5-22H,3-4,23H2,1-2H3. The van der Waals surface area contributed by atoms with E-state index in [1.165, 1.54) is 66.2 Å². The van der Waals surface area contributed by atoms with Gasteiger partial charge in [0.05, 0.1) is 0 Å². The number of fused-ring (bicyclic) bond motifs is 6. The molecule has 37 heavy (non-hydrogen) atoms. The van der Waals surface area contributed by atoms with Gasteiger partial charge in [0.2, 0.25) is 0 Å². The second kappa shape index (κ2) is 8.67. The van der Waals surface area contributed by atoms with Crippen LogP contribution in [-0.2, 0) is 19.5 Å². The van der Waals surface area contributed by atoms with E-state index in [4.69, 9.17) is 0 Å². The summed E-state index contributed by atoms with van der Waals surface area (Å²) in [5, 5.41) is 4.02. The van der Waals surface area contributed by atoms with Crippen molar-refractivity contribution in [1.82, 2.24) is 9.13 Å². The molecule has 2 nitrogen and oxygen atoms in total. The number of allylic oxidation sites excluding steroid dienone is 2. The van der Waals surface area contributed by atoms with E-state index in [9.17, 15) is 0 Å². The van der Waals surface area contributed by atoms with Crippen LogP contribution in [0.3, 0.4) is 0 Å². The molecule has 0 bridgehead atoms. The highest BCUT2D eigenvalue weighted by Gasteiger charge is 2.22. The highest BCUT2D eigenvalue weighted by Crippen LogP contribution is 2.39. The normalized spacial score (nSPS) is 14.5. The van der Waals surface area contributed by atoms with Crippen molar-refractivity contribution in [3.8, 4) is 0 Å². The number of rotatable bonds is 4. The van der Waals surface area contributed by atoms with Crippen LogP contribution in [0.25, 0.3) is 44.4 Å². The van der Waals surface area contributed by atoms with E-state index >= 15 is 0 Å². The molecule has 0 spiro atoms. The summed E-state index contributed by atoms with van der Waals surface area (Å²) in [5.74, 6) is 0. The third kappa shape index (κ3) is 3.33. The molecule has 0 fully saturated rings. The number of nitrogens with zero attached hydrogens (tertiary/aromatic N) is 2. The molecule has 0 unspecified atom stereocenters. The minimum Gasteiger partial charge on any atom is -0.341 e. The van der Waals surface area contributed by atoms with Crippen molar-refractivity contribution in [1.29, 1.82) is 0 Å². The van der Waals surface area contributed by atoms with Crippen LogP contribution in [0.1, 0.15) is 36.2 Å². The molecular formula is C35H30N2. The molecule has 0 amide bonds. The van der Waals surface area contributed by atoms with Gasteiger partial charge in [-0.3, -0.25) is 0 Å². The van der Waals surface area contributed by atoms with Crippen molar-refractivity contribution in [2.24, 2.45) is 0 Å². The molecule has 2 heterocycles. The lowest BCUT2D eigenvalue weighted by Gasteiger charge is -2.19. The molecule has 4 aromatic carbocycles. The Morgan fingerprint density at radius 3 is 2.00 bits per heavy atom. The lowest BCUT2D eigenvalue weighted by molar-refractivity contribution is 0.783. The molecule has 1 aliphatic rings. The summed E-state index contributed by atoms with van der Waals surface area (Å²) in [7, 11) is 0. The predicted molar refractivity (Wildman–Crippen MR) is 158 cm³/mol. The molecule has 0 radical (unpaired) electrons. The Morgan fingerprint density at radius 1 is 0.595 bits per heavy atom. The van der Waals surface area contributed by atoms with Crippen LogP contribution in [-0.4, -0.2) is 9.13 Å². The van der Waals surface area contributed by atoms with Crippen LogP contribution < -0.4 is 0 Å². The number of aryl methyl sites for hydroxylation is 2. The first-order valence-corrected chi connectivity index (χ1v) is 13.4. The number of hydrogen-bond acceptors (Lipinski definition) is 0. The van der Waals surface area contributed by atoms with Crippen molar-refractivity contribution in [2.45, 2.75) is 33.4 Å². The molecular weight excluding hydrogens is 448 g/mol. The van der Waals surface area contributed by atoms with Crippen molar-refractivity contribution in [2.75, 3.05) is 0 Å². The zero-order valence-electron chi connectivity index (χ0n) is 21.4. The highest BCUT2D eigenvalue weighted by atomic mass is 15.0. The second-order valence-corrected chi connectivity index (χ2v) is 9.89. The quantitative estimate of drug-likeness (QED) is 0.239. The maximum Gasteiger partial charge on any atom is 0.0491 e. The molecule has 2 aromatic heterocycles. The Balaban J connectivity index is 1.48. The van der Waals surface area contributed by atoms with Gasteiger partial charge in [0.25, 0.3) is 0 Å². The first kappa shape index (κ1) is 21.9. The van der Waals surface area contributed by atoms with E-state index in [1.807, 2.05) is 0 Å². The number of benzene rings is 4. The topological polar surface area (TPSA) is 9.86 Å². The van der Waals surface area contributed by atoms with Crippen LogP contribution in [0.2, 0.25) is 0 Å². The van der Waals surface area contributed by atoms with Crippen LogP contribution in [0, 0.1) is 0 Å². The highest BCUT2D eigenvalue weighted by molar-refractivity contribution is 6.09. The maximum absolute atomic E-state index is 2.45. The van der Waals surface area contributed by atoms with Crippen molar-refractivity contribution in [3.05, 3.63) is 131 Å². The van der Waals surface area contributed by atoms with Gasteiger partial charge in [-0.15, -0.1) is 0 Å². The van der Waals surface area contributed by atoms with Crippen molar-refractivity contribution >= 4 is 44.4 Å². The average molecular weight is 479 g/mol. The Hall–Kier alpha value is -4.30. The van der Waals surface area contributed by atoms with Crippen molar-refractivity contribution < 1.29 is 0 Å². The van der Waals surface area contributed by atoms with Crippen LogP contribution >= 0.6 is 0 Å². The molecule has 7 rings (SSSR count). The Morgan fingerprint density at radius 2 is 1.24 bits per heavy atom. The number of hydrogen-bond donors (Lipinski definition) is 0. The largest absolute Gasteiger partial charge is 0.341 e. The summed E-state index contributed by atoms with van der Waals surface area (Å²) in [6.07, 6.45) is 5.62. The van der Waals surface area contributed by atoms with Gasteiger partial charge in [0.1, 0.15) is 0 Å².